The van der Waals surface area contributed by atoms with Gasteiger partial charge in [0.15, 0.2) is 11.6 Å². The van der Waals surface area contributed by atoms with Gasteiger partial charge in [-0.2, -0.15) is 0 Å². The fourth-order valence-electron chi connectivity index (χ4n) is 2.78. The topological polar surface area (TPSA) is 49.2 Å². The second-order valence-corrected chi connectivity index (χ2v) is 5.40. The molecule has 0 aliphatic carbocycles. The summed E-state index contributed by atoms with van der Waals surface area (Å²) in [6, 6.07) is 3.94. The average molecular weight is 315 g/mol. The van der Waals surface area contributed by atoms with Crippen molar-refractivity contribution in [2.75, 3.05) is 14.2 Å². The molecule has 0 aliphatic heterocycles. The number of hydrogen-bond donors (Lipinski definition) is 0. The van der Waals surface area contributed by atoms with Gasteiger partial charge in [0.2, 0.25) is 5.88 Å². The standard InChI is InChI=1S/C17H18FN3O2/c1-9-6-11-7-12(21(3)13(11)8-19-9)14-16(22-4)15(18)10(2)20-17(14)23-5/h6-8H,1-5H3. The summed E-state index contributed by atoms with van der Waals surface area (Å²) in [5, 5.41) is 1.01. The molecule has 5 nitrogen and oxygen atoms in total. The average Bonchev–Trinajstić information content (AvgIpc) is 2.85. The van der Waals surface area contributed by atoms with Gasteiger partial charge in [-0.05, 0) is 26.0 Å². The van der Waals surface area contributed by atoms with Crippen LogP contribution in [-0.2, 0) is 7.05 Å². The van der Waals surface area contributed by atoms with Gasteiger partial charge in [0, 0.05) is 18.1 Å². The zero-order valence-electron chi connectivity index (χ0n) is 13.8. The van der Waals surface area contributed by atoms with Gasteiger partial charge in [-0.25, -0.2) is 9.37 Å². The minimum absolute atomic E-state index is 0.130. The number of aromatic nitrogens is 3. The van der Waals surface area contributed by atoms with Crippen molar-refractivity contribution in [3.8, 4) is 22.9 Å². The molecule has 0 saturated carbocycles. The third kappa shape index (κ3) is 2.30. The number of rotatable bonds is 3. The van der Waals surface area contributed by atoms with Crippen molar-refractivity contribution in [3.63, 3.8) is 0 Å². The molecule has 3 heterocycles. The molecule has 0 unspecified atom stereocenters. The highest BCUT2D eigenvalue weighted by Crippen LogP contribution is 2.41. The lowest BCUT2D eigenvalue weighted by atomic mass is 10.1. The zero-order valence-corrected chi connectivity index (χ0v) is 13.8. The Balaban J connectivity index is 2.38. The van der Waals surface area contributed by atoms with E-state index in [0.29, 0.717) is 11.4 Å². The third-order valence-electron chi connectivity index (χ3n) is 3.95. The summed E-state index contributed by atoms with van der Waals surface area (Å²) < 4.78 is 27.1. The Morgan fingerprint density at radius 2 is 1.87 bits per heavy atom. The predicted octanol–water partition coefficient (Wildman–Crippen LogP) is 3.41. The zero-order chi connectivity index (χ0) is 16.7. The quantitative estimate of drug-likeness (QED) is 0.743. The van der Waals surface area contributed by atoms with Gasteiger partial charge >= 0.3 is 0 Å². The number of methoxy groups -OCH3 is 2. The second-order valence-electron chi connectivity index (χ2n) is 5.40. The summed E-state index contributed by atoms with van der Waals surface area (Å²) >= 11 is 0. The maximum absolute atomic E-state index is 14.5. The minimum Gasteiger partial charge on any atom is -0.493 e. The molecule has 3 rings (SSSR count). The van der Waals surface area contributed by atoms with Crippen molar-refractivity contribution in [1.29, 1.82) is 0 Å². The fraction of sp³-hybridized carbons (Fsp3) is 0.294. The molecule has 6 heteroatoms. The number of halogens is 1. The van der Waals surface area contributed by atoms with Crippen molar-refractivity contribution >= 4 is 10.9 Å². The van der Waals surface area contributed by atoms with Gasteiger partial charge < -0.3 is 14.0 Å². The number of ether oxygens (including phenoxy) is 2. The summed E-state index contributed by atoms with van der Waals surface area (Å²) in [6.45, 7) is 3.51. The maximum atomic E-state index is 14.5. The molecule has 3 aromatic heterocycles. The lowest BCUT2D eigenvalue weighted by Crippen LogP contribution is -2.04. The SMILES string of the molecule is COc1nc(C)c(F)c(OC)c1-c1cc2cc(C)ncc2n1C. The molecule has 0 spiro atoms. The van der Waals surface area contributed by atoms with Crippen LogP contribution in [0, 0.1) is 19.7 Å². The molecule has 0 radical (unpaired) electrons. The van der Waals surface area contributed by atoms with E-state index in [9.17, 15) is 4.39 Å². The fourth-order valence-corrected chi connectivity index (χ4v) is 2.78. The first-order valence-electron chi connectivity index (χ1n) is 7.18. The summed E-state index contributed by atoms with van der Waals surface area (Å²) in [4.78, 5) is 8.52. The van der Waals surface area contributed by atoms with Crippen molar-refractivity contribution < 1.29 is 13.9 Å². The van der Waals surface area contributed by atoms with E-state index in [1.54, 1.807) is 13.1 Å². The molecule has 0 aliphatic rings. The van der Waals surface area contributed by atoms with E-state index in [2.05, 4.69) is 9.97 Å². The van der Waals surface area contributed by atoms with Crippen molar-refractivity contribution in [2.24, 2.45) is 7.05 Å². The molecule has 0 aromatic carbocycles. The molecular formula is C17H18FN3O2. The normalized spacial score (nSPS) is 11.0. The van der Waals surface area contributed by atoms with Crippen LogP contribution in [0.3, 0.4) is 0 Å². The van der Waals surface area contributed by atoms with Crippen LogP contribution in [0.1, 0.15) is 11.4 Å². The number of pyridine rings is 2. The van der Waals surface area contributed by atoms with Crippen LogP contribution >= 0.6 is 0 Å². The third-order valence-corrected chi connectivity index (χ3v) is 3.95. The van der Waals surface area contributed by atoms with E-state index in [1.165, 1.54) is 14.2 Å². The number of hydrogen-bond acceptors (Lipinski definition) is 4. The van der Waals surface area contributed by atoms with Gasteiger partial charge in [-0.3, -0.25) is 4.98 Å². The van der Waals surface area contributed by atoms with E-state index in [-0.39, 0.29) is 11.4 Å². The monoisotopic (exact) mass is 315 g/mol. The summed E-state index contributed by atoms with van der Waals surface area (Å²) in [5.74, 6) is -0.0239. The molecule has 3 aromatic rings. The number of nitrogens with zero attached hydrogens (tertiary/aromatic N) is 3. The van der Waals surface area contributed by atoms with E-state index in [1.807, 2.05) is 30.7 Å². The Bertz CT molecular complexity index is 903. The molecule has 0 saturated heterocycles. The van der Waals surface area contributed by atoms with E-state index in [0.717, 1.165) is 22.3 Å². The highest BCUT2D eigenvalue weighted by molar-refractivity contribution is 5.89. The Morgan fingerprint density at radius 3 is 2.52 bits per heavy atom. The van der Waals surface area contributed by atoms with Crippen molar-refractivity contribution in [3.05, 3.63) is 35.5 Å². The Labute approximate surface area is 133 Å². The lowest BCUT2D eigenvalue weighted by Gasteiger charge is -2.15. The molecule has 0 fully saturated rings. The summed E-state index contributed by atoms with van der Waals surface area (Å²) in [5.41, 5.74) is 3.35. The Morgan fingerprint density at radius 1 is 1.13 bits per heavy atom. The maximum Gasteiger partial charge on any atom is 0.226 e. The smallest absolute Gasteiger partial charge is 0.226 e. The minimum atomic E-state index is -0.483. The molecule has 0 bridgehead atoms. The summed E-state index contributed by atoms with van der Waals surface area (Å²) in [7, 11) is 4.84. The van der Waals surface area contributed by atoms with Gasteiger partial charge in [0.25, 0.3) is 0 Å². The first kappa shape index (κ1) is 15.3. The van der Waals surface area contributed by atoms with E-state index < -0.39 is 5.82 Å². The van der Waals surface area contributed by atoms with Crippen LogP contribution in [0.25, 0.3) is 22.2 Å². The first-order valence-corrected chi connectivity index (χ1v) is 7.18. The Hall–Kier alpha value is -2.63. The number of fused-ring (bicyclic) bond motifs is 1. The summed E-state index contributed by atoms with van der Waals surface area (Å²) in [6.07, 6.45) is 1.80. The van der Waals surface area contributed by atoms with Gasteiger partial charge in [0.05, 0.1) is 37.3 Å². The van der Waals surface area contributed by atoms with Crippen LogP contribution in [0.4, 0.5) is 4.39 Å². The Kier molecular flexibility index (Phi) is 3.67. The molecule has 0 atom stereocenters. The number of aryl methyl sites for hydroxylation is 3. The highest BCUT2D eigenvalue weighted by atomic mass is 19.1. The van der Waals surface area contributed by atoms with Crippen LogP contribution in [-0.4, -0.2) is 28.8 Å². The van der Waals surface area contributed by atoms with E-state index in [4.69, 9.17) is 9.47 Å². The molecular weight excluding hydrogens is 297 g/mol. The predicted molar refractivity (Wildman–Crippen MR) is 86.5 cm³/mol. The molecule has 23 heavy (non-hydrogen) atoms. The van der Waals surface area contributed by atoms with Gasteiger partial charge in [-0.15, -0.1) is 0 Å². The second kappa shape index (κ2) is 5.53. The molecule has 0 N–H and O–H groups in total. The van der Waals surface area contributed by atoms with Crippen molar-refractivity contribution in [1.82, 2.24) is 14.5 Å². The van der Waals surface area contributed by atoms with Gasteiger partial charge in [0.1, 0.15) is 5.56 Å². The van der Waals surface area contributed by atoms with E-state index >= 15 is 0 Å². The lowest BCUT2D eigenvalue weighted by molar-refractivity contribution is 0.364. The highest BCUT2D eigenvalue weighted by Gasteiger charge is 2.24. The van der Waals surface area contributed by atoms with Crippen LogP contribution in [0.5, 0.6) is 11.6 Å². The van der Waals surface area contributed by atoms with Crippen LogP contribution in [0.15, 0.2) is 18.3 Å². The molecule has 120 valence electrons. The van der Waals surface area contributed by atoms with Crippen LogP contribution < -0.4 is 9.47 Å². The molecule has 0 amide bonds. The van der Waals surface area contributed by atoms with Crippen molar-refractivity contribution in [2.45, 2.75) is 13.8 Å². The largest absolute Gasteiger partial charge is 0.493 e. The van der Waals surface area contributed by atoms with Crippen LogP contribution in [0.2, 0.25) is 0 Å². The van der Waals surface area contributed by atoms with Gasteiger partial charge in [-0.1, -0.05) is 0 Å². The first-order chi connectivity index (χ1) is 11.0.